The highest BCUT2D eigenvalue weighted by molar-refractivity contribution is 5.98. The fourth-order valence-electron chi connectivity index (χ4n) is 2.88. The number of fused-ring (bicyclic) bond motifs is 1. The molecule has 0 aromatic carbocycles. The summed E-state index contributed by atoms with van der Waals surface area (Å²) in [5.74, 6) is 0.490. The minimum absolute atomic E-state index is 0.0486. The summed E-state index contributed by atoms with van der Waals surface area (Å²) < 4.78 is 0. The number of nitrogens with zero attached hydrogens (tertiary/aromatic N) is 1. The fraction of sp³-hybridized carbons (Fsp3) is 0.833. The summed E-state index contributed by atoms with van der Waals surface area (Å²) in [6.45, 7) is 1.95. The first kappa shape index (κ1) is 11.6. The molecule has 0 spiro atoms. The molecule has 2 rings (SSSR count). The highest BCUT2D eigenvalue weighted by atomic mass is 16.2. The second-order valence-corrected chi connectivity index (χ2v) is 5.01. The molecule has 1 heterocycles. The molecule has 0 saturated heterocycles. The topological polar surface area (TPSA) is 67.5 Å². The van der Waals surface area contributed by atoms with Gasteiger partial charge in [-0.05, 0) is 19.8 Å². The molecule has 3 atom stereocenters. The van der Waals surface area contributed by atoms with E-state index in [1.165, 1.54) is 19.3 Å². The zero-order chi connectivity index (χ0) is 11.5. The Morgan fingerprint density at radius 2 is 1.88 bits per heavy atom. The number of nitrogens with two attached hydrogens (primary N) is 1. The van der Waals surface area contributed by atoms with Crippen LogP contribution in [-0.2, 0) is 4.79 Å². The van der Waals surface area contributed by atoms with E-state index >= 15 is 0 Å². The number of hydrogen-bond acceptors (Lipinski definition) is 3. The molecule has 90 valence electrons. The Balaban J connectivity index is 2.20. The van der Waals surface area contributed by atoms with Crippen molar-refractivity contribution < 1.29 is 4.79 Å². The van der Waals surface area contributed by atoms with Crippen molar-refractivity contribution >= 4 is 11.6 Å². The maximum Gasteiger partial charge on any atom is 0.243 e. The van der Waals surface area contributed by atoms with E-state index in [2.05, 4.69) is 10.5 Å². The van der Waals surface area contributed by atoms with E-state index < -0.39 is 0 Å². The Bertz CT molecular complexity index is 299. The molecule has 4 nitrogen and oxygen atoms in total. The van der Waals surface area contributed by atoms with Crippen LogP contribution in [0.5, 0.6) is 0 Å². The maximum absolute atomic E-state index is 11.8. The third kappa shape index (κ3) is 2.26. The SMILES string of the molecule is CC(N)C1=NNC(=O)C2CCCCCCC12. The lowest BCUT2D eigenvalue weighted by Crippen LogP contribution is -2.47. The lowest BCUT2D eigenvalue weighted by molar-refractivity contribution is -0.127. The summed E-state index contributed by atoms with van der Waals surface area (Å²) in [5.41, 5.74) is 9.55. The Kier molecular flexibility index (Phi) is 3.59. The Morgan fingerprint density at radius 3 is 2.50 bits per heavy atom. The van der Waals surface area contributed by atoms with Gasteiger partial charge in [0.05, 0.1) is 5.71 Å². The molecule has 3 N–H and O–H groups in total. The van der Waals surface area contributed by atoms with Crippen LogP contribution in [0.2, 0.25) is 0 Å². The van der Waals surface area contributed by atoms with Gasteiger partial charge >= 0.3 is 0 Å². The van der Waals surface area contributed by atoms with Gasteiger partial charge in [-0.15, -0.1) is 0 Å². The third-order valence-corrected chi connectivity index (χ3v) is 3.74. The molecule has 0 aromatic rings. The number of carbonyl (C=O) groups excluding carboxylic acids is 1. The van der Waals surface area contributed by atoms with Crippen LogP contribution < -0.4 is 11.2 Å². The molecule has 4 heteroatoms. The van der Waals surface area contributed by atoms with Crippen molar-refractivity contribution in [3.05, 3.63) is 0 Å². The van der Waals surface area contributed by atoms with Gasteiger partial charge in [0.1, 0.15) is 0 Å². The molecule has 1 amide bonds. The molecular formula is C12H21N3O. The number of hydrogen-bond donors (Lipinski definition) is 2. The predicted octanol–water partition coefficient (Wildman–Crippen LogP) is 1.41. The largest absolute Gasteiger partial charge is 0.323 e. The lowest BCUT2D eigenvalue weighted by atomic mass is 9.76. The number of hydrazone groups is 1. The number of nitrogens with one attached hydrogen (secondary N) is 1. The van der Waals surface area contributed by atoms with Crippen LogP contribution >= 0.6 is 0 Å². The summed E-state index contributed by atoms with van der Waals surface area (Å²) in [4.78, 5) is 11.8. The lowest BCUT2D eigenvalue weighted by Gasteiger charge is -2.33. The smallest absolute Gasteiger partial charge is 0.243 e. The molecule has 0 radical (unpaired) electrons. The normalized spacial score (nSPS) is 32.9. The summed E-state index contributed by atoms with van der Waals surface area (Å²) in [7, 11) is 0. The van der Waals surface area contributed by atoms with E-state index in [1.54, 1.807) is 0 Å². The summed E-state index contributed by atoms with van der Waals surface area (Å²) in [5, 5.41) is 4.16. The fourth-order valence-corrected chi connectivity index (χ4v) is 2.88. The van der Waals surface area contributed by atoms with Crippen molar-refractivity contribution in [3.8, 4) is 0 Å². The first-order chi connectivity index (χ1) is 7.70. The minimum Gasteiger partial charge on any atom is -0.323 e. The van der Waals surface area contributed by atoms with E-state index in [0.717, 1.165) is 25.0 Å². The Hall–Kier alpha value is -0.900. The number of carbonyl (C=O) groups is 1. The standard InChI is InChI=1S/C12H21N3O/c1-8(13)11-9-6-4-2-3-5-7-10(9)12(16)15-14-11/h8-10H,2-7,13H2,1H3,(H,15,16). The quantitative estimate of drug-likeness (QED) is 0.705. The average Bonchev–Trinajstić information content (AvgIpc) is 2.19. The van der Waals surface area contributed by atoms with Gasteiger partial charge in [0.25, 0.3) is 0 Å². The highest BCUT2D eigenvalue weighted by Crippen LogP contribution is 2.31. The van der Waals surface area contributed by atoms with Crippen molar-refractivity contribution in [2.24, 2.45) is 22.7 Å². The van der Waals surface area contributed by atoms with Gasteiger partial charge in [0.15, 0.2) is 0 Å². The van der Waals surface area contributed by atoms with Gasteiger partial charge in [-0.2, -0.15) is 5.10 Å². The van der Waals surface area contributed by atoms with Crippen LogP contribution in [0.1, 0.15) is 45.4 Å². The summed E-state index contributed by atoms with van der Waals surface area (Å²) in [6, 6.07) is -0.0486. The third-order valence-electron chi connectivity index (χ3n) is 3.74. The van der Waals surface area contributed by atoms with E-state index in [0.29, 0.717) is 0 Å². The molecule has 0 bridgehead atoms. The molecule has 1 aliphatic carbocycles. The molecule has 3 unspecified atom stereocenters. The first-order valence-electron chi connectivity index (χ1n) is 6.33. The highest BCUT2D eigenvalue weighted by Gasteiger charge is 2.36. The van der Waals surface area contributed by atoms with Gasteiger partial charge in [0.2, 0.25) is 5.91 Å². The number of amides is 1. The predicted molar refractivity (Wildman–Crippen MR) is 63.9 cm³/mol. The van der Waals surface area contributed by atoms with Crippen molar-refractivity contribution in [3.63, 3.8) is 0 Å². The van der Waals surface area contributed by atoms with E-state index in [9.17, 15) is 4.79 Å². The molecule has 0 aromatic heterocycles. The second-order valence-electron chi connectivity index (χ2n) is 5.01. The molecular weight excluding hydrogens is 202 g/mol. The van der Waals surface area contributed by atoms with E-state index in [1.807, 2.05) is 6.92 Å². The van der Waals surface area contributed by atoms with Crippen LogP contribution in [0.4, 0.5) is 0 Å². The van der Waals surface area contributed by atoms with Gasteiger partial charge in [-0.3, -0.25) is 4.79 Å². The van der Waals surface area contributed by atoms with Crippen LogP contribution in [-0.4, -0.2) is 17.7 Å². The zero-order valence-corrected chi connectivity index (χ0v) is 9.91. The molecule has 1 fully saturated rings. The van der Waals surface area contributed by atoms with Gasteiger partial charge in [-0.1, -0.05) is 25.7 Å². The Morgan fingerprint density at radius 1 is 1.25 bits per heavy atom. The van der Waals surface area contributed by atoms with Gasteiger partial charge in [-0.25, -0.2) is 5.43 Å². The monoisotopic (exact) mass is 223 g/mol. The van der Waals surface area contributed by atoms with Crippen molar-refractivity contribution in [1.29, 1.82) is 0 Å². The number of rotatable bonds is 1. The average molecular weight is 223 g/mol. The maximum atomic E-state index is 11.8. The van der Waals surface area contributed by atoms with Crippen molar-refractivity contribution in [2.45, 2.75) is 51.5 Å². The van der Waals surface area contributed by atoms with Crippen LogP contribution in [0, 0.1) is 11.8 Å². The molecule has 2 aliphatic rings. The zero-order valence-electron chi connectivity index (χ0n) is 9.91. The van der Waals surface area contributed by atoms with Crippen LogP contribution in [0.3, 0.4) is 0 Å². The van der Waals surface area contributed by atoms with Crippen LogP contribution in [0.15, 0.2) is 5.10 Å². The summed E-state index contributed by atoms with van der Waals surface area (Å²) >= 11 is 0. The van der Waals surface area contributed by atoms with Gasteiger partial charge < -0.3 is 5.73 Å². The molecule has 1 aliphatic heterocycles. The van der Waals surface area contributed by atoms with Crippen LogP contribution in [0.25, 0.3) is 0 Å². The van der Waals surface area contributed by atoms with E-state index in [4.69, 9.17) is 5.73 Å². The summed E-state index contributed by atoms with van der Waals surface area (Å²) in [6.07, 6.45) is 6.93. The minimum atomic E-state index is -0.0486. The molecule has 1 saturated carbocycles. The van der Waals surface area contributed by atoms with E-state index in [-0.39, 0.29) is 23.8 Å². The van der Waals surface area contributed by atoms with Gasteiger partial charge in [0, 0.05) is 17.9 Å². The first-order valence-corrected chi connectivity index (χ1v) is 6.33. The Labute approximate surface area is 96.7 Å². The van der Waals surface area contributed by atoms with Crippen molar-refractivity contribution in [2.75, 3.05) is 0 Å². The van der Waals surface area contributed by atoms with Crippen molar-refractivity contribution in [1.82, 2.24) is 5.43 Å². The molecule has 16 heavy (non-hydrogen) atoms. The second kappa shape index (κ2) is 4.95.